The maximum absolute atomic E-state index is 12.6. The molecule has 3 aromatic rings. The Morgan fingerprint density at radius 2 is 2.04 bits per heavy atom. The lowest BCUT2D eigenvalue weighted by Gasteiger charge is -2.04. The third-order valence-electron chi connectivity index (χ3n) is 3.91. The van der Waals surface area contributed by atoms with Gasteiger partial charge < -0.3 is 10.1 Å². The Labute approximate surface area is 166 Å². The quantitative estimate of drug-likeness (QED) is 0.632. The lowest BCUT2D eigenvalue weighted by atomic mass is 10.3. The van der Waals surface area contributed by atoms with Crippen molar-refractivity contribution in [1.29, 1.82) is 0 Å². The first kappa shape index (κ1) is 19.4. The minimum absolute atomic E-state index is 0.293. The summed E-state index contributed by atoms with van der Waals surface area (Å²) < 4.78 is 6.71. The van der Waals surface area contributed by atoms with Gasteiger partial charge in [-0.1, -0.05) is 17.7 Å². The second-order valence-corrected chi connectivity index (χ2v) is 6.35. The fraction of sp³-hybridized carbons (Fsp3) is 0.150. The van der Waals surface area contributed by atoms with Crippen LogP contribution in [0.25, 0.3) is 5.69 Å². The molecule has 0 aliphatic heterocycles. The Hall–Kier alpha value is -3.32. The number of hydrogen-bond acceptors (Lipinski definition) is 3. The van der Waals surface area contributed by atoms with E-state index in [-0.39, 0.29) is 5.56 Å². The van der Waals surface area contributed by atoms with Gasteiger partial charge in [-0.05, 0) is 56.3 Å². The van der Waals surface area contributed by atoms with Crippen LogP contribution in [0, 0.1) is 6.92 Å². The molecule has 0 saturated carbocycles. The molecule has 2 amide bonds. The number of rotatable bonds is 5. The Morgan fingerprint density at radius 1 is 1.29 bits per heavy atom. The Bertz CT molecular complexity index is 1070. The molecule has 2 N–H and O–H groups in total. The Morgan fingerprint density at radius 3 is 2.71 bits per heavy atom. The summed E-state index contributed by atoms with van der Waals surface area (Å²) in [7, 11) is 0. The second-order valence-electron chi connectivity index (χ2n) is 5.92. The number of hydrogen-bond donors (Lipinski definition) is 2. The fourth-order valence-corrected chi connectivity index (χ4v) is 2.77. The summed E-state index contributed by atoms with van der Waals surface area (Å²) in [6, 6.07) is 13.2. The van der Waals surface area contributed by atoms with E-state index in [1.165, 1.54) is 10.9 Å². The van der Waals surface area contributed by atoms with Gasteiger partial charge in [0.25, 0.3) is 5.56 Å². The van der Waals surface area contributed by atoms with Crippen molar-refractivity contribution in [2.45, 2.75) is 13.8 Å². The maximum atomic E-state index is 12.6. The highest BCUT2D eigenvalue weighted by atomic mass is 35.5. The highest BCUT2D eigenvalue weighted by Gasteiger charge is 2.11. The van der Waals surface area contributed by atoms with Crippen LogP contribution in [0.3, 0.4) is 0 Å². The number of nitrogens with zero attached hydrogens (tertiary/aromatic N) is 2. The number of ether oxygens (including phenoxy) is 1. The number of carbonyl (C=O) groups excluding carboxylic acids is 1. The van der Waals surface area contributed by atoms with Crippen molar-refractivity contribution in [3.05, 3.63) is 75.2 Å². The molecule has 0 bridgehead atoms. The molecule has 1 aromatic heterocycles. The number of anilines is 1. The lowest BCUT2D eigenvalue weighted by molar-refractivity contribution is 0.259. The Balaban J connectivity index is 1.75. The van der Waals surface area contributed by atoms with E-state index in [1.807, 2.05) is 6.92 Å². The molecule has 0 spiro atoms. The van der Waals surface area contributed by atoms with E-state index in [0.29, 0.717) is 40.0 Å². The second kappa shape index (κ2) is 8.58. The van der Waals surface area contributed by atoms with Gasteiger partial charge in [0.15, 0.2) is 0 Å². The first-order valence-corrected chi connectivity index (χ1v) is 9.01. The van der Waals surface area contributed by atoms with Crippen molar-refractivity contribution in [3.63, 3.8) is 0 Å². The normalized spacial score (nSPS) is 11.0. The topological polar surface area (TPSA) is 88.5 Å². The predicted molar refractivity (Wildman–Crippen MR) is 110 cm³/mol. The number of nitrogens with one attached hydrogen (secondary N) is 2. The van der Waals surface area contributed by atoms with Crippen LogP contribution in [0.15, 0.2) is 58.3 Å². The molecular weight excluding hydrogens is 380 g/mol. The molecule has 0 aliphatic rings. The monoisotopic (exact) mass is 398 g/mol. The molecule has 0 atom stereocenters. The number of aryl methyl sites for hydroxylation is 1. The Kier molecular flexibility index (Phi) is 5.96. The van der Waals surface area contributed by atoms with Gasteiger partial charge in [0.2, 0.25) is 0 Å². The van der Waals surface area contributed by atoms with Crippen LogP contribution < -0.4 is 15.6 Å². The van der Waals surface area contributed by atoms with Crippen molar-refractivity contribution in [2.75, 3.05) is 11.9 Å². The largest absolute Gasteiger partial charge is 0.494 e. The highest BCUT2D eigenvalue weighted by Crippen LogP contribution is 2.16. The molecule has 1 heterocycles. The standard InChI is InChI=1S/C20H19ClN4O3/c1-3-28-17-9-7-15(8-10-17)23-20(27)22-12-18-13(2)24-25(19(18)26)16-6-4-5-14(21)11-16/h4-12,24H,3H2,1-2H3,(H,23,27)/b22-12+. The SMILES string of the molecule is CCOc1ccc(NC(=O)/N=C/c2c(C)[nH]n(-c3cccc(Cl)c3)c2=O)cc1. The van der Waals surface area contributed by atoms with Crippen molar-refractivity contribution in [1.82, 2.24) is 9.78 Å². The van der Waals surface area contributed by atoms with E-state index in [9.17, 15) is 9.59 Å². The van der Waals surface area contributed by atoms with Crippen LogP contribution in [-0.2, 0) is 0 Å². The lowest BCUT2D eigenvalue weighted by Crippen LogP contribution is -2.17. The van der Waals surface area contributed by atoms with Gasteiger partial charge in [-0.2, -0.15) is 0 Å². The number of benzene rings is 2. The predicted octanol–water partition coefficient (Wildman–Crippen LogP) is 4.18. The van der Waals surface area contributed by atoms with Crippen LogP contribution in [0.4, 0.5) is 10.5 Å². The van der Waals surface area contributed by atoms with E-state index in [0.717, 1.165) is 0 Å². The molecule has 2 aromatic carbocycles. The summed E-state index contributed by atoms with van der Waals surface area (Å²) in [4.78, 5) is 28.5. The maximum Gasteiger partial charge on any atom is 0.345 e. The van der Waals surface area contributed by atoms with Crippen LogP contribution in [-0.4, -0.2) is 28.6 Å². The van der Waals surface area contributed by atoms with Gasteiger partial charge in [-0.25, -0.2) is 14.5 Å². The molecule has 0 aliphatic carbocycles. The van der Waals surface area contributed by atoms with E-state index < -0.39 is 6.03 Å². The van der Waals surface area contributed by atoms with Crippen molar-refractivity contribution in [3.8, 4) is 11.4 Å². The van der Waals surface area contributed by atoms with Gasteiger partial charge in [0.1, 0.15) is 5.75 Å². The first-order valence-electron chi connectivity index (χ1n) is 8.63. The average Bonchev–Trinajstić information content (AvgIpc) is 2.96. The van der Waals surface area contributed by atoms with Gasteiger partial charge in [0, 0.05) is 22.6 Å². The number of H-pyrrole nitrogens is 1. The minimum Gasteiger partial charge on any atom is -0.494 e. The third-order valence-corrected chi connectivity index (χ3v) is 4.15. The number of urea groups is 1. The van der Waals surface area contributed by atoms with Gasteiger partial charge in [-0.3, -0.25) is 9.89 Å². The van der Waals surface area contributed by atoms with E-state index in [4.69, 9.17) is 16.3 Å². The van der Waals surface area contributed by atoms with Crippen LogP contribution in [0.5, 0.6) is 5.75 Å². The van der Waals surface area contributed by atoms with E-state index >= 15 is 0 Å². The molecular formula is C20H19ClN4O3. The molecule has 3 rings (SSSR count). The first-order chi connectivity index (χ1) is 13.5. The minimum atomic E-state index is -0.585. The summed E-state index contributed by atoms with van der Waals surface area (Å²) in [5.41, 5.74) is 1.73. The molecule has 8 heteroatoms. The summed E-state index contributed by atoms with van der Waals surface area (Å²) in [6.45, 7) is 4.20. The smallest absolute Gasteiger partial charge is 0.345 e. The summed E-state index contributed by atoms with van der Waals surface area (Å²) in [5.74, 6) is 0.716. The van der Waals surface area contributed by atoms with Crippen molar-refractivity contribution >= 4 is 29.5 Å². The molecule has 7 nitrogen and oxygen atoms in total. The summed E-state index contributed by atoms with van der Waals surface area (Å²) >= 11 is 5.98. The summed E-state index contributed by atoms with van der Waals surface area (Å²) in [6.07, 6.45) is 1.25. The van der Waals surface area contributed by atoms with Crippen LogP contribution in [0.2, 0.25) is 5.02 Å². The number of aromatic nitrogens is 2. The molecule has 28 heavy (non-hydrogen) atoms. The number of halogens is 1. The fourth-order valence-electron chi connectivity index (χ4n) is 2.59. The molecule has 0 unspecified atom stereocenters. The number of aliphatic imine (C=N–C) groups is 1. The highest BCUT2D eigenvalue weighted by molar-refractivity contribution is 6.30. The molecule has 0 radical (unpaired) electrons. The van der Waals surface area contributed by atoms with E-state index in [1.54, 1.807) is 55.5 Å². The zero-order valence-corrected chi connectivity index (χ0v) is 16.2. The molecule has 0 fully saturated rings. The molecule has 144 valence electrons. The van der Waals surface area contributed by atoms with Crippen LogP contribution in [0.1, 0.15) is 18.2 Å². The number of carbonyl (C=O) groups is 1. The van der Waals surface area contributed by atoms with Crippen LogP contribution >= 0.6 is 11.6 Å². The van der Waals surface area contributed by atoms with Gasteiger partial charge in [-0.15, -0.1) is 0 Å². The third kappa shape index (κ3) is 4.50. The summed E-state index contributed by atoms with van der Waals surface area (Å²) in [5, 5.41) is 6.11. The van der Waals surface area contributed by atoms with Gasteiger partial charge in [0.05, 0.1) is 17.9 Å². The number of amides is 2. The average molecular weight is 399 g/mol. The van der Waals surface area contributed by atoms with Crippen molar-refractivity contribution < 1.29 is 9.53 Å². The zero-order chi connectivity index (χ0) is 20.1. The van der Waals surface area contributed by atoms with E-state index in [2.05, 4.69) is 15.4 Å². The number of aromatic amines is 1. The molecule has 0 saturated heterocycles. The van der Waals surface area contributed by atoms with Gasteiger partial charge >= 0.3 is 6.03 Å². The zero-order valence-electron chi connectivity index (χ0n) is 15.4. The van der Waals surface area contributed by atoms with Crippen molar-refractivity contribution in [2.24, 2.45) is 4.99 Å².